The highest BCUT2D eigenvalue weighted by Gasteiger charge is 2.07. The molecule has 1 aromatic carbocycles. The average molecular weight is 265 g/mol. The van der Waals surface area contributed by atoms with E-state index in [1.165, 1.54) is 25.7 Å². The number of carbonyl (C=O) groups excluding carboxylic acids is 1. The third-order valence-electron chi connectivity index (χ3n) is 2.94. The number of likely N-dealkylation sites (N-methyl/N-ethyl adjacent to an activating group) is 1. The molecule has 0 amide bonds. The number of hydrogen-bond acceptors (Lipinski definition) is 3. The molecular formula is C16H27NO2. The van der Waals surface area contributed by atoms with Gasteiger partial charge in [-0.05, 0) is 13.0 Å². The van der Waals surface area contributed by atoms with Crippen molar-refractivity contribution in [2.75, 3.05) is 20.2 Å². The molecule has 19 heavy (non-hydrogen) atoms. The average Bonchev–Trinajstić information content (AvgIpc) is 2.93. The summed E-state index contributed by atoms with van der Waals surface area (Å²) in [4.78, 5) is 10.0. The lowest BCUT2D eigenvalue weighted by Gasteiger charge is -1.91. The number of aliphatic hydroxyl groups is 1. The summed E-state index contributed by atoms with van der Waals surface area (Å²) in [6, 6.07) is 9.10. The molecule has 2 N–H and O–H groups in total. The van der Waals surface area contributed by atoms with Gasteiger partial charge >= 0.3 is 0 Å². The molecule has 3 nitrogen and oxygen atoms in total. The molecule has 3 heteroatoms. The summed E-state index contributed by atoms with van der Waals surface area (Å²) in [5, 5.41) is 10.8. The SMILES string of the molecule is CC1CCCC1.CNCCO.O=Cc1ccccc1. The molecule has 1 fully saturated rings. The van der Waals surface area contributed by atoms with Crippen molar-refractivity contribution in [1.82, 2.24) is 5.32 Å². The van der Waals surface area contributed by atoms with Crippen LogP contribution in [0.2, 0.25) is 0 Å². The van der Waals surface area contributed by atoms with Crippen molar-refractivity contribution in [1.29, 1.82) is 0 Å². The minimum atomic E-state index is 0.233. The van der Waals surface area contributed by atoms with Gasteiger partial charge in [-0.2, -0.15) is 0 Å². The maximum absolute atomic E-state index is 10.0. The first-order chi connectivity index (χ1) is 9.24. The van der Waals surface area contributed by atoms with Crippen LogP contribution in [0, 0.1) is 5.92 Å². The molecule has 108 valence electrons. The van der Waals surface area contributed by atoms with Crippen LogP contribution in [0.15, 0.2) is 30.3 Å². The van der Waals surface area contributed by atoms with Crippen LogP contribution in [0.25, 0.3) is 0 Å². The second kappa shape index (κ2) is 13.2. The molecule has 0 aliphatic heterocycles. The maximum Gasteiger partial charge on any atom is 0.150 e. The van der Waals surface area contributed by atoms with Crippen LogP contribution in [-0.2, 0) is 0 Å². The van der Waals surface area contributed by atoms with Gasteiger partial charge in [0.05, 0.1) is 6.61 Å². The molecule has 0 aromatic heterocycles. The Hall–Kier alpha value is -1.19. The largest absolute Gasteiger partial charge is 0.395 e. The zero-order chi connectivity index (χ0) is 14.3. The Morgan fingerprint density at radius 1 is 1.26 bits per heavy atom. The van der Waals surface area contributed by atoms with Crippen LogP contribution in [0.4, 0.5) is 0 Å². The van der Waals surface area contributed by atoms with Crippen LogP contribution in [0.5, 0.6) is 0 Å². The fourth-order valence-corrected chi connectivity index (χ4v) is 1.77. The fraction of sp³-hybridized carbons (Fsp3) is 0.562. The van der Waals surface area contributed by atoms with Crippen molar-refractivity contribution < 1.29 is 9.90 Å². The van der Waals surface area contributed by atoms with E-state index in [0.29, 0.717) is 6.54 Å². The molecule has 1 aromatic rings. The molecule has 1 aliphatic carbocycles. The molecule has 0 radical (unpaired) electrons. The van der Waals surface area contributed by atoms with E-state index >= 15 is 0 Å². The zero-order valence-corrected chi connectivity index (χ0v) is 12.1. The Morgan fingerprint density at radius 3 is 2.05 bits per heavy atom. The minimum Gasteiger partial charge on any atom is -0.395 e. The van der Waals surface area contributed by atoms with Gasteiger partial charge < -0.3 is 10.4 Å². The molecule has 0 bridgehead atoms. The summed E-state index contributed by atoms with van der Waals surface area (Å²) in [7, 11) is 1.80. The van der Waals surface area contributed by atoms with Gasteiger partial charge in [-0.15, -0.1) is 0 Å². The van der Waals surface area contributed by atoms with Crippen LogP contribution in [0.3, 0.4) is 0 Å². The fourth-order valence-electron chi connectivity index (χ4n) is 1.77. The molecule has 0 unspecified atom stereocenters. The summed E-state index contributed by atoms with van der Waals surface area (Å²) >= 11 is 0. The Kier molecular flexibility index (Phi) is 12.4. The molecule has 0 atom stereocenters. The summed E-state index contributed by atoms with van der Waals surface area (Å²) in [6.45, 7) is 3.27. The van der Waals surface area contributed by atoms with E-state index in [-0.39, 0.29) is 6.61 Å². The summed E-state index contributed by atoms with van der Waals surface area (Å²) in [5.74, 6) is 1.05. The van der Waals surface area contributed by atoms with Gasteiger partial charge in [0, 0.05) is 12.1 Å². The van der Waals surface area contributed by atoms with E-state index in [1.807, 2.05) is 18.2 Å². The van der Waals surface area contributed by atoms with Gasteiger partial charge in [0.1, 0.15) is 6.29 Å². The van der Waals surface area contributed by atoms with Crippen molar-refractivity contribution in [3.63, 3.8) is 0 Å². The highest BCUT2D eigenvalue weighted by atomic mass is 16.3. The first-order valence-corrected chi connectivity index (χ1v) is 7.00. The van der Waals surface area contributed by atoms with Crippen LogP contribution in [-0.4, -0.2) is 31.6 Å². The second-order valence-corrected chi connectivity index (χ2v) is 4.75. The van der Waals surface area contributed by atoms with Crippen molar-refractivity contribution >= 4 is 6.29 Å². The van der Waals surface area contributed by atoms with Gasteiger partial charge in [-0.1, -0.05) is 62.9 Å². The maximum atomic E-state index is 10.0. The van der Waals surface area contributed by atoms with Crippen LogP contribution in [0.1, 0.15) is 43.0 Å². The lowest BCUT2D eigenvalue weighted by Crippen LogP contribution is -2.10. The Bertz CT molecular complexity index is 293. The molecule has 1 saturated carbocycles. The standard InChI is InChI=1S/C7H6O.C6H12.C3H9NO/c8-6-7-4-2-1-3-5-7;1-6-4-2-3-5-6;1-4-2-3-5/h1-6H;6H,2-5H2,1H3;4-5H,2-3H2,1H3. The van der Waals surface area contributed by atoms with Crippen molar-refractivity contribution in [2.45, 2.75) is 32.6 Å². The quantitative estimate of drug-likeness (QED) is 0.826. The highest BCUT2D eigenvalue weighted by molar-refractivity contribution is 5.74. The molecular weight excluding hydrogens is 238 g/mol. The van der Waals surface area contributed by atoms with Gasteiger partial charge in [0.15, 0.2) is 0 Å². The number of aliphatic hydroxyl groups excluding tert-OH is 1. The van der Waals surface area contributed by atoms with E-state index in [4.69, 9.17) is 5.11 Å². The molecule has 2 rings (SSSR count). The normalized spacial score (nSPS) is 13.8. The van der Waals surface area contributed by atoms with Gasteiger partial charge in [0.2, 0.25) is 0 Å². The first-order valence-electron chi connectivity index (χ1n) is 7.00. The van der Waals surface area contributed by atoms with E-state index in [2.05, 4.69) is 12.2 Å². The lowest BCUT2D eigenvalue weighted by molar-refractivity contribution is 0.112. The predicted molar refractivity (Wildman–Crippen MR) is 80.5 cm³/mol. The van der Waals surface area contributed by atoms with Gasteiger partial charge in [0.25, 0.3) is 0 Å². The Labute approximate surface area is 117 Å². The number of benzene rings is 1. The van der Waals surface area contributed by atoms with Gasteiger partial charge in [-0.3, -0.25) is 4.79 Å². The monoisotopic (exact) mass is 265 g/mol. The van der Waals surface area contributed by atoms with Crippen molar-refractivity contribution in [3.8, 4) is 0 Å². The third-order valence-corrected chi connectivity index (χ3v) is 2.94. The summed E-state index contributed by atoms with van der Waals surface area (Å²) in [5.41, 5.74) is 0.729. The Morgan fingerprint density at radius 2 is 1.84 bits per heavy atom. The smallest absolute Gasteiger partial charge is 0.150 e. The summed E-state index contributed by atoms with van der Waals surface area (Å²) in [6.07, 6.45) is 6.78. The second-order valence-electron chi connectivity index (χ2n) is 4.75. The molecule has 0 spiro atoms. The zero-order valence-electron chi connectivity index (χ0n) is 12.1. The predicted octanol–water partition coefficient (Wildman–Crippen LogP) is 2.89. The van der Waals surface area contributed by atoms with Crippen LogP contribution >= 0.6 is 0 Å². The first kappa shape index (κ1) is 17.8. The van der Waals surface area contributed by atoms with E-state index < -0.39 is 0 Å². The summed E-state index contributed by atoms with van der Waals surface area (Å²) < 4.78 is 0. The number of nitrogens with one attached hydrogen (secondary N) is 1. The number of hydrogen-bond donors (Lipinski definition) is 2. The molecule has 0 heterocycles. The number of aldehydes is 1. The third kappa shape index (κ3) is 11.6. The highest BCUT2D eigenvalue weighted by Crippen LogP contribution is 2.22. The van der Waals surface area contributed by atoms with E-state index in [0.717, 1.165) is 17.8 Å². The Balaban J connectivity index is 0.000000265. The number of carbonyl (C=O) groups is 1. The molecule has 0 saturated heterocycles. The number of rotatable bonds is 3. The lowest BCUT2D eigenvalue weighted by atomic mass is 10.2. The van der Waals surface area contributed by atoms with E-state index in [9.17, 15) is 4.79 Å². The van der Waals surface area contributed by atoms with Crippen molar-refractivity contribution in [3.05, 3.63) is 35.9 Å². The van der Waals surface area contributed by atoms with Crippen LogP contribution < -0.4 is 5.32 Å². The molecule has 1 aliphatic rings. The van der Waals surface area contributed by atoms with Gasteiger partial charge in [-0.25, -0.2) is 0 Å². The topological polar surface area (TPSA) is 49.3 Å². The minimum absolute atomic E-state index is 0.233. The van der Waals surface area contributed by atoms with Crippen molar-refractivity contribution in [2.24, 2.45) is 5.92 Å². The van der Waals surface area contributed by atoms with E-state index in [1.54, 1.807) is 19.2 Å².